The number of para-hydroxylation sites is 1. The average Bonchev–Trinajstić information content (AvgIpc) is 2.02. The van der Waals surface area contributed by atoms with E-state index in [2.05, 4.69) is 0 Å². The van der Waals surface area contributed by atoms with Crippen molar-refractivity contribution in [2.75, 3.05) is 0 Å². The third-order valence-electron chi connectivity index (χ3n) is 1.15. The third-order valence-corrected chi connectivity index (χ3v) is 1.15. The second-order valence-corrected chi connectivity index (χ2v) is 1.85. The summed E-state index contributed by atoms with van der Waals surface area (Å²) in [4.78, 5) is 11.2. The lowest BCUT2D eigenvalue weighted by Crippen LogP contribution is -1.90. The predicted molar refractivity (Wildman–Crippen MR) is 38.1 cm³/mol. The van der Waals surface area contributed by atoms with Gasteiger partial charge in [-0.15, -0.1) is 0 Å². The summed E-state index contributed by atoms with van der Waals surface area (Å²) in [5.74, 6) is -1.34. The summed E-state index contributed by atoms with van der Waals surface area (Å²) < 4.78 is 20.5. The molecule has 10 heavy (non-hydrogen) atoms. The van der Waals surface area contributed by atoms with E-state index >= 15 is 0 Å². The van der Waals surface area contributed by atoms with Crippen molar-refractivity contribution in [2.24, 2.45) is 0 Å². The van der Waals surface area contributed by atoms with E-state index in [-0.39, 0.29) is 11.3 Å². The van der Waals surface area contributed by atoms with Gasteiger partial charge in [-0.05, 0) is 19.0 Å². The number of ketones is 1. The second kappa shape index (κ2) is 2.52. The number of carbonyl (C=O) groups excluding carboxylic acids is 1. The number of aromatic hydroxyl groups is 1. The molecule has 0 saturated heterocycles. The minimum atomic E-state index is -2.70. The molecule has 0 heterocycles. The Morgan fingerprint density at radius 1 is 1.60 bits per heavy atom. The van der Waals surface area contributed by atoms with Crippen LogP contribution in [0.3, 0.4) is 0 Å². The Bertz CT molecular complexity index is 330. The Morgan fingerprint density at radius 3 is 2.90 bits per heavy atom. The SMILES string of the molecule is [2H]C([2H])([2H])C(=O)c1ccccc1O. The highest BCUT2D eigenvalue weighted by molar-refractivity contribution is 5.96. The van der Waals surface area contributed by atoms with Crippen LogP contribution in [0, 0.1) is 0 Å². The van der Waals surface area contributed by atoms with Crippen LogP contribution in [0.15, 0.2) is 24.3 Å². The van der Waals surface area contributed by atoms with Crippen LogP contribution in [0.4, 0.5) is 0 Å². The molecule has 0 amide bonds. The van der Waals surface area contributed by atoms with Crippen molar-refractivity contribution in [3.63, 3.8) is 0 Å². The summed E-state index contributed by atoms with van der Waals surface area (Å²) in [7, 11) is 0. The highest BCUT2D eigenvalue weighted by atomic mass is 16.3. The van der Waals surface area contributed by atoms with Crippen molar-refractivity contribution in [2.45, 2.75) is 6.85 Å². The molecular weight excluding hydrogens is 128 g/mol. The third kappa shape index (κ3) is 1.16. The topological polar surface area (TPSA) is 37.3 Å². The summed E-state index contributed by atoms with van der Waals surface area (Å²) in [6.07, 6.45) is 0. The van der Waals surface area contributed by atoms with Gasteiger partial charge in [-0.1, -0.05) is 12.1 Å². The Hall–Kier alpha value is -1.31. The Balaban J connectivity index is 3.10. The molecular formula is C8H8O2. The normalized spacial score (nSPS) is 15.0. The van der Waals surface area contributed by atoms with Crippen LogP contribution in [0.2, 0.25) is 0 Å². The van der Waals surface area contributed by atoms with Gasteiger partial charge >= 0.3 is 0 Å². The van der Waals surface area contributed by atoms with Crippen molar-refractivity contribution in [3.8, 4) is 5.75 Å². The van der Waals surface area contributed by atoms with E-state index in [1.807, 2.05) is 0 Å². The van der Waals surface area contributed by atoms with Crippen LogP contribution in [-0.2, 0) is 0 Å². The molecule has 2 nitrogen and oxygen atoms in total. The highest BCUT2D eigenvalue weighted by Gasteiger charge is 2.02. The number of benzene rings is 1. The number of phenolic OH excluding ortho intramolecular Hbond substituents is 1. The van der Waals surface area contributed by atoms with E-state index in [1.54, 1.807) is 0 Å². The average molecular weight is 139 g/mol. The van der Waals surface area contributed by atoms with Gasteiger partial charge in [-0.3, -0.25) is 4.79 Å². The van der Waals surface area contributed by atoms with Crippen molar-refractivity contribution in [3.05, 3.63) is 29.8 Å². The maximum atomic E-state index is 11.2. The monoisotopic (exact) mass is 139 g/mol. The van der Waals surface area contributed by atoms with Gasteiger partial charge < -0.3 is 5.11 Å². The summed E-state index contributed by atoms with van der Waals surface area (Å²) in [6, 6.07) is 5.58. The van der Waals surface area contributed by atoms with Gasteiger partial charge in [0, 0.05) is 4.11 Å². The summed E-state index contributed by atoms with van der Waals surface area (Å²) in [5, 5.41) is 9.17. The van der Waals surface area contributed by atoms with E-state index in [4.69, 9.17) is 4.11 Å². The molecule has 2 heteroatoms. The van der Waals surface area contributed by atoms with E-state index in [0.717, 1.165) is 0 Å². The fraction of sp³-hybridized carbons (Fsp3) is 0.125. The largest absolute Gasteiger partial charge is 0.507 e. The first kappa shape index (κ1) is 3.76. The molecule has 1 rings (SSSR count). The molecule has 52 valence electrons. The van der Waals surface area contributed by atoms with Crippen molar-refractivity contribution in [1.82, 2.24) is 0 Å². The Kier molecular flexibility index (Phi) is 0.947. The standard InChI is InChI=1S/C8H8O2/c1-6(9)7-4-2-3-5-8(7)10/h2-5,10H,1H3/i1D3. The van der Waals surface area contributed by atoms with Crippen LogP contribution < -0.4 is 0 Å². The first-order valence-electron chi connectivity index (χ1n) is 4.26. The van der Waals surface area contributed by atoms with Gasteiger partial charge in [0.25, 0.3) is 0 Å². The van der Waals surface area contributed by atoms with Crippen LogP contribution in [0.5, 0.6) is 5.75 Å². The fourth-order valence-electron chi connectivity index (χ4n) is 0.666. The quantitative estimate of drug-likeness (QED) is 0.600. The smallest absolute Gasteiger partial charge is 0.163 e. The van der Waals surface area contributed by atoms with Gasteiger partial charge in [0.15, 0.2) is 5.78 Å². The maximum absolute atomic E-state index is 11.2. The molecule has 0 bridgehead atoms. The van der Waals surface area contributed by atoms with Crippen molar-refractivity contribution in [1.29, 1.82) is 0 Å². The van der Waals surface area contributed by atoms with Crippen LogP contribution >= 0.6 is 0 Å². The van der Waals surface area contributed by atoms with E-state index in [9.17, 15) is 9.90 Å². The lowest BCUT2D eigenvalue weighted by Gasteiger charge is -1.96. The van der Waals surface area contributed by atoms with Crippen LogP contribution in [0.25, 0.3) is 0 Å². The van der Waals surface area contributed by atoms with Crippen LogP contribution in [0.1, 0.15) is 21.3 Å². The molecule has 1 aromatic rings. The first-order chi connectivity index (χ1) is 5.93. The molecule has 1 aromatic carbocycles. The molecule has 0 saturated carbocycles. The minimum Gasteiger partial charge on any atom is -0.507 e. The van der Waals surface area contributed by atoms with Gasteiger partial charge in [-0.25, -0.2) is 0 Å². The minimum absolute atomic E-state index is 0.164. The zero-order valence-corrected chi connectivity index (χ0v) is 5.16. The number of hydrogen-bond acceptors (Lipinski definition) is 2. The Morgan fingerprint density at radius 2 is 2.30 bits per heavy atom. The predicted octanol–water partition coefficient (Wildman–Crippen LogP) is 1.59. The number of hydrogen-bond donors (Lipinski definition) is 1. The molecule has 0 aliphatic rings. The summed E-state index contributed by atoms with van der Waals surface area (Å²) in [6.45, 7) is -2.70. The maximum Gasteiger partial charge on any atom is 0.163 e. The van der Waals surface area contributed by atoms with E-state index in [1.165, 1.54) is 24.3 Å². The number of carbonyl (C=O) groups is 1. The van der Waals surface area contributed by atoms with E-state index < -0.39 is 12.6 Å². The van der Waals surface area contributed by atoms with Gasteiger partial charge in [-0.2, -0.15) is 0 Å². The van der Waals surface area contributed by atoms with Gasteiger partial charge in [0.2, 0.25) is 0 Å². The lowest BCUT2D eigenvalue weighted by atomic mass is 10.1. The molecule has 0 aliphatic carbocycles. The highest BCUT2D eigenvalue weighted by Crippen LogP contribution is 2.15. The Labute approximate surface area is 63.3 Å². The fourth-order valence-corrected chi connectivity index (χ4v) is 0.666. The second-order valence-electron chi connectivity index (χ2n) is 1.85. The van der Waals surface area contributed by atoms with Crippen molar-refractivity contribution >= 4 is 5.78 Å². The molecule has 0 spiro atoms. The van der Waals surface area contributed by atoms with E-state index in [0.29, 0.717) is 0 Å². The van der Waals surface area contributed by atoms with Crippen molar-refractivity contribution < 1.29 is 14.0 Å². The summed E-state index contributed by atoms with van der Waals surface area (Å²) in [5.41, 5.74) is -0.164. The molecule has 0 fully saturated rings. The zero-order valence-electron chi connectivity index (χ0n) is 8.16. The summed E-state index contributed by atoms with van der Waals surface area (Å²) >= 11 is 0. The van der Waals surface area contributed by atoms with Crippen LogP contribution in [-0.4, -0.2) is 10.9 Å². The molecule has 1 N–H and O–H groups in total. The lowest BCUT2D eigenvalue weighted by molar-refractivity contribution is 0.101. The molecule has 0 unspecified atom stereocenters. The molecule has 0 radical (unpaired) electrons. The zero-order chi connectivity index (χ0) is 10.1. The molecule has 0 aromatic heterocycles. The number of phenols is 1. The number of rotatable bonds is 1. The van der Waals surface area contributed by atoms with Gasteiger partial charge in [0.05, 0.1) is 5.56 Å². The first-order valence-corrected chi connectivity index (χ1v) is 2.76. The molecule has 0 atom stereocenters. The number of Topliss-reactive ketones (excluding diaryl/α,β-unsaturated/α-hetero) is 1. The molecule has 0 aliphatic heterocycles. The van der Waals surface area contributed by atoms with Gasteiger partial charge in [0.1, 0.15) is 5.75 Å².